The number of allylic oxidation sites excluding steroid dienone is 25. The van der Waals surface area contributed by atoms with E-state index < -0.39 is 86.8 Å². The lowest BCUT2D eigenvalue weighted by Gasteiger charge is -2.46. The van der Waals surface area contributed by atoms with Crippen LogP contribution in [0.5, 0.6) is 0 Å². The summed E-state index contributed by atoms with van der Waals surface area (Å²) in [6.07, 6.45) is 88.8. The molecular weight excluding hydrogens is 1270 g/mol. The van der Waals surface area contributed by atoms with Crippen LogP contribution >= 0.6 is 0 Å². The average molecular weight is 1410 g/mol. The zero-order valence-corrected chi connectivity index (χ0v) is 63.1. The fourth-order valence-corrected chi connectivity index (χ4v) is 12.2. The number of carbonyl (C=O) groups is 1. The van der Waals surface area contributed by atoms with Gasteiger partial charge in [-0.3, -0.25) is 4.79 Å². The van der Waals surface area contributed by atoms with Crippen molar-refractivity contribution in [3.8, 4) is 0 Å². The average Bonchev–Trinajstić information content (AvgIpc) is 0.790. The number of hydrogen-bond donors (Lipinski definition) is 9. The van der Waals surface area contributed by atoms with Gasteiger partial charge in [-0.2, -0.15) is 0 Å². The summed E-state index contributed by atoms with van der Waals surface area (Å²) in [7, 11) is 0. The van der Waals surface area contributed by atoms with E-state index in [1.165, 1.54) is 148 Å². The number of nitrogens with one attached hydrogen (secondary N) is 1. The molecule has 14 nitrogen and oxygen atoms in total. The quantitative estimate of drug-likeness (QED) is 0.0204. The Morgan fingerprint density at radius 2 is 0.683 bits per heavy atom. The Morgan fingerprint density at radius 3 is 1.05 bits per heavy atom. The third-order valence-corrected chi connectivity index (χ3v) is 18.5. The van der Waals surface area contributed by atoms with Crippen molar-refractivity contribution in [3.63, 3.8) is 0 Å². The molecule has 2 aliphatic rings. The number of aliphatic hydroxyl groups is 8. The first-order chi connectivity index (χ1) is 49.6. The molecule has 2 saturated heterocycles. The number of unbranched alkanes of at least 4 members (excludes halogenated alkanes) is 28. The fraction of sp³-hybridized carbons (Fsp3) is 0.690. The highest BCUT2D eigenvalue weighted by atomic mass is 16.7. The van der Waals surface area contributed by atoms with E-state index >= 15 is 0 Å². The molecule has 1 amide bonds. The molecule has 2 heterocycles. The Labute approximate surface area is 614 Å². The van der Waals surface area contributed by atoms with Gasteiger partial charge in [0.25, 0.3) is 0 Å². The van der Waals surface area contributed by atoms with Crippen LogP contribution in [0.15, 0.2) is 158 Å². The minimum atomic E-state index is -1.80. The van der Waals surface area contributed by atoms with Crippen molar-refractivity contribution in [2.75, 3.05) is 19.8 Å². The lowest BCUT2D eigenvalue weighted by molar-refractivity contribution is -0.359. The summed E-state index contributed by atoms with van der Waals surface area (Å²) >= 11 is 0. The molecule has 14 heteroatoms. The largest absolute Gasteiger partial charge is 0.394 e. The van der Waals surface area contributed by atoms with E-state index in [2.05, 4.69) is 165 Å². The number of amides is 1. The molecule has 0 aliphatic carbocycles. The predicted octanol–water partition coefficient (Wildman–Crippen LogP) is 18.5. The first-order valence-electron chi connectivity index (χ1n) is 40.2. The second-order valence-corrected chi connectivity index (χ2v) is 27.5. The monoisotopic (exact) mass is 1410 g/mol. The molecule has 0 aromatic rings. The number of aliphatic hydroxyl groups excluding tert-OH is 8. The van der Waals surface area contributed by atoms with Crippen LogP contribution in [0.3, 0.4) is 0 Å². The molecule has 2 fully saturated rings. The van der Waals surface area contributed by atoms with Crippen molar-refractivity contribution in [1.82, 2.24) is 5.32 Å². The topological polar surface area (TPSA) is 228 Å². The molecule has 12 unspecified atom stereocenters. The van der Waals surface area contributed by atoms with Crippen LogP contribution in [0.1, 0.15) is 290 Å². The van der Waals surface area contributed by atoms with E-state index in [-0.39, 0.29) is 18.9 Å². The lowest BCUT2D eigenvalue weighted by atomic mass is 9.97. The molecule has 0 aromatic carbocycles. The number of rotatable bonds is 65. The number of ether oxygens (including phenoxy) is 4. The highest BCUT2D eigenvalue weighted by molar-refractivity contribution is 5.76. The highest BCUT2D eigenvalue weighted by Crippen LogP contribution is 2.30. The van der Waals surface area contributed by atoms with Gasteiger partial charge in [-0.15, -0.1) is 0 Å². The zero-order valence-electron chi connectivity index (χ0n) is 63.1. The van der Waals surface area contributed by atoms with Gasteiger partial charge in [0.15, 0.2) is 12.6 Å². The molecule has 12 atom stereocenters. The first-order valence-corrected chi connectivity index (χ1v) is 40.2. The molecule has 2 rings (SSSR count). The SMILES string of the molecule is CC/C=C\C/C=C\C/C=C\C/C=C\C/C=C\C/C=C\C/C=C\C/C=C\C/C=C\C/C=C\C/C=C\C/C=C\CCCCC(=O)NC(COC1OC(CO)C(OC2OC(CO)C(O)C(O)C2O)C(O)C1O)C(O)/C=C/CCCCCCCCCCCCCCCCCCCCCCCCCCCC. The van der Waals surface area contributed by atoms with Crippen LogP contribution in [0, 0.1) is 0 Å². The van der Waals surface area contributed by atoms with Gasteiger partial charge in [0, 0.05) is 6.42 Å². The Morgan fingerprint density at radius 1 is 0.366 bits per heavy atom. The molecule has 0 saturated carbocycles. The summed E-state index contributed by atoms with van der Waals surface area (Å²) in [5.41, 5.74) is 0. The minimum absolute atomic E-state index is 0.216. The van der Waals surface area contributed by atoms with Crippen molar-refractivity contribution in [1.29, 1.82) is 0 Å². The fourth-order valence-electron chi connectivity index (χ4n) is 12.2. The molecule has 0 aromatic heterocycles. The van der Waals surface area contributed by atoms with Crippen molar-refractivity contribution in [3.05, 3.63) is 158 Å². The van der Waals surface area contributed by atoms with E-state index in [4.69, 9.17) is 18.9 Å². The van der Waals surface area contributed by atoms with Crippen LogP contribution in [-0.2, 0) is 23.7 Å². The molecular formula is C87H145NO13. The van der Waals surface area contributed by atoms with Gasteiger partial charge < -0.3 is 65.1 Å². The van der Waals surface area contributed by atoms with Gasteiger partial charge in [0.05, 0.1) is 32.0 Å². The first kappa shape index (κ1) is 92.7. The second-order valence-electron chi connectivity index (χ2n) is 27.5. The maximum absolute atomic E-state index is 13.4. The van der Waals surface area contributed by atoms with Crippen molar-refractivity contribution < 1.29 is 64.6 Å². The Kier molecular flexibility index (Phi) is 63.1. The van der Waals surface area contributed by atoms with Crippen LogP contribution in [-0.4, -0.2) is 140 Å². The summed E-state index contributed by atoms with van der Waals surface area (Å²) in [6, 6.07) is -0.952. The molecule has 576 valence electrons. The van der Waals surface area contributed by atoms with Gasteiger partial charge in [0.2, 0.25) is 5.91 Å². The van der Waals surface area contributed by atoms with E-state index in [1.807, 2.05) is 6.08 Å². The third-order valence-electron chi connectivity index (χ3n) is 18.5. The molecule has 2 aliphatic heterocycles. The van der Waals surface area contributed by atoms with E-state index in [1.54, 1.807) is 6.08 Å². The lowest BCUT2D eigenvalue weighted by Crippen LogP contribution is -2.65. The van der Waals surface area contributed by atoms with Crippen molar-refractivity contribution in [2.24, 2.45) is 0 Å². The second kappa shape index (κ2) is 68.7. The van der Waals surface area contributed by atoms with Crippen LogP contribution in [0.4, 0.5) is 0 Å². The van der Waals surface area contributed by atoms with Crippen LogP contribution in [0.25, 0.3) is 0 Å². The maximum Gasteiger partial charge on any atom is 0.220 e. The summed E-state index contributed by atoms with van der Waals surface area (Å²) in [4.78, 5) is 13.4. The van der Waals surface area contributed by atoms with Gasteiger partial charge in [-0.1, -0.05) is 332 Å². The normalized spacial score (nSPS) is 22.6. The van der Waals surface area contributed by atoms with Gasteiger partial charge in [-0.25, -0.2) is 0 Å². The van der Waals surface area contributed by atoms with Crippen LogP contribution in [0.2, 0.25) is 0 Å². The maximum atomic E-state index is 13.4. The minimum Gasteiger partial charge on any atom is -0.394 e. The Balaban J connectivity index is 1.67. The molecule has 0 radical (unpaired) electrons. The van der Waals surface area contributed by atoms with Gasteiger partial charge in [-0.05, 0) is 109 Å². The van der Waals surface area contributed by atoms with Crippen LogP contribution < -0.4 is 5.32 Å². The standard InChI is InChI=1S/C87H145NO13/c1-3-5-7-9-11-13-15-17-19-21-23-25-27-29-31-33-34-35-36-37-38-39-40-41-42-43-45-47-49-51-53-55-57-59-61-63-65-67-69-71-79(92)88-75(74-98-86-84(97)82(95)85(78(73-90)100-86)101-87-83(96)81(94)80(93)77(72-89)99-87)76(91)70-68-66-64-62-60-58-56-54-52-50-48-46-44-32-30-28-26-24-22-20-18-16-14-12-10-8-6-4-2/h5,7,11,13,17,19,23,25,29,31,34-35,37-38,40-41,43,45,49,51,55,57,61,63,68,70,75-78,80-87,89-91,93-97H,3-4,6,8-10,12,14-16,18,20-22,24,26-28,30,32-33,36,39,42,44,46-48,50,52-54,56,58-60,62,64-67,69,71-74H2,1-2H3,(H,88,92)/b7-5-,13-11-,19-17-,25-23-,31-29-,35-34-,38-37-,41-40-,45-43-,51-49-,57-55-,63-61-,70-68+. The van der Waals surface area contributed by atoms with E-state index in [9.17, 15) is 45.6 Å². The third kappa shape index (κ3) is 51.4. The van der Waals surface area contributed by atoms with Gasteiger partial charge >= 0.3 is 0 Å². The Bertz CT molecular complexity index is 2310. The molecule has 101 heavy (non-hydrogen) atoms. The number of carbonyl (C=O) groups excluding carboxylic acids is 1. The molecule has 9 N–H and O–H groups in total. The van der Waals surface area contributed by atoms with E-state index in [0.717, 1.165) is 116 Å². The Hall–Kier alpha value is -4.39. The van der Waals surface area contributed by atoms with E-state index in [0.29, 0.717) is 6.42 Å². The highest BCUT2D eigenvalue weighted by Gasteiger charge is 2.51. The van der Waals surface area contributed by atoms with Gasteiger partial charge in [0.1, 0.15) is 48.8 Å². The summed E-state index contributed by atoms with van der Waals surface area (Å²) < 4.78 is 22.9. The number of hydrogen-bond acceptors (Lipinski definition) is 13. The molecule has 0 bridgehead atoms. The smallest absolute Gasteiger partial charge is 0.220 e. The molecule has 0 spiro atoms. The van der Waals surface area contributed by atoms with Crippen molar-refractivity contribution in [2.45, 2.75) is 364 Å². The summed E-state index contributed by atoms with van der Waals surface area (Å²) in [6.45, 7) is 2.68. The summed E-state index contributed by atoms with van der Waals surface area (Å²) in [5, 5.41) is 87.6. The predicted molar refractivity (Wildman–Crippen MR) is 419 cm³/mol. The summed E-state index contributed by atoms with van der Waals surface area (Å²) in [5.74, 6) is -0.285. The zero-order chi connectivity index (χ0) is 73.0. The van der Waals surface area contributed by atoms with Crippen molar-refractivity contribution >= 4 is 5.91 Å².